The van der Waals surface area contributed by atoms with Gasteiger partial charge in [-0.05, 0) is 42.4 Å². The molecule has 0 saturated carbocycles. The van der Waals surface area contributed by atoms with Gasteiger partial charge in [0.15, 0.2) is 0 Å². The lowest BCUT2D eigenvalue weighted by Gasteiger charge is -2.27. The standard InChI is InChI=1S/C19H30N2O/c1-14(2)16-6-5-7-19(8-16)21-11-17-9-20(10-18(17)12-21)15(3)13-22-4/h5-8,14-15,17-18H,9-13H2,1-4H3. The number of rotatable bonds is 5. The number of nitrogens with zero attached hydrogens (tertiary/aromatic N) is 2. The Morgan fingerprint density at radius 1 is 1.09 bits per heavy atom. The lowest BCUT2D eigenvalue weighted by Crippen LogP contribution is -2.37. The molecule has 2 aliphatic heterocycles. The molecule has 122 valence electrons. The zero-order valence-corrected chi connectivity index (χ0v) is 14.5. The molecule has 3 rings (SSSR count). The van der Waals surface area contributed by atoms with E-state index < -0.39 is 0 Å². The van der Waals surface area contributed by atoms with Gasteiger partial charge >= 0.3 is 0 Å². The van der Waals surface area contributed by atoms with E-state index in [1.54, 1.807) is 7.11 Å². The maximum Gasteiger partial charge on any atom is 0.0615 e. The number of anilines is 1. The van der Waals surface area contributed by atoms with Gasteiger partial charge in [0.1, 0.15) is 0 Å². The van der Waals surface area contributed by atoms with Crippen molar-refractivity contribution >= 4 is 5.69 Å². The summed E-state index contributed by atoms with van der Waals surface area (Å²) in [5.41, 5.74) is 2.86. The maximum atomic E-state index is 5.31. The molecule has 0 N–H and O–H groups in total. The van der Waals surface area contributed by atoms with Crippen molar-refractivity contribution < 1.29 is 4.74 Å². The van der Waals surface area contributed by atoms with Crippen LogP contribution in [0.15, 0.2) is 24.3 Å². The minimum atomic E-state index is 0.549. The first kappa shape index (κ1) is 15.8. The predicted octanol–water partition coefficient (Wildman–Crippen LogP) is 3.21. The smallest absolute Gasteiger partial charge is 0.0615 e. The van der Waals surface area contributed by atoms with Crippen LogP contribution in [0.25, 0.3) is 0 Å². The predicted molar refractivity (Wildman–Crippen MR) is 92.6 cm³/mol. The summed E-state index contributed by atoms with van der Waals surface area (Å²) in [5, 5.41) is 0. The molecule has 3 unspecified atom stereocenters. The zero-order chi connectivity index (χ0) is 15.7. The molecule has 22 heavy (non-hydrogen) atoms. The summed E-state index contributed by atoms with van der Waals surface area (Å²) in [6.07, 6.45) is 0. The fourth-order valence-electron chi connectivity index (χ4n) is 4.03. The van der Waals surface area contributed by atoms with Gasteiger partial charge in [-0.3, -0.25) is 4.90 Å². The number of ether oxygens (including phenoxy) is 1. The topological polar surface area (TPSA) is 15.7 Å². The third-order valence-corrected chi connectivity index (χ3v) is 5.45. The van der Waals surface area contributed by atoms with E-state index >= 15 is 0 Å². The monoisotopic (exact) mass is 302 g/mol. The van der Waals surface area contributed by atoms with Crippen molar-refractivity contribution in [3.8, 4) is 0 Å². The molecule has 0 aromatic heterocycles. The minimum Gasteiger partial charge on any atom is -0.383 e. The fourth-order valence-corrected chi connectivity index (χ4v) is 4.03. The Balaban J connectivity index is 1.62. The van der Waals surface area contributed by atoms with E-state index in [-0.39, 0.29) is 0 Å². The molecular weight excluding hydrogens is 272 g/mol. The third-order valence-electron chi connectivity index (χ3n) is 5.45. The Hall–Kier alpha value is -1.06. The second-order valence-corrected chi connectivity index (χ2v) is 7.43. The van der Waals surface area contributed by atoms with Crippen molar-refractivity contribution in [3.63, 3.8) is 0 Å². The van der Waals surface area contributed by atoms with Crippen LogP contribution in [0.2, 0.25) is 0 Å². The van der Waals surface area contributed by atoms with Crippen LogP contribution in [0.5, 0.6) is 0 Å². The Labute approximate surface area is 135 Å². The van der Waals surface area contributed by atoms with Crippen molar-refractivity contribution in [1.82, 2.24) is 4.90 Å². The van der Waals surface area contributed by atoms with Crippen LogP contribution in [0.1, 0.15) is 32.3 Å². The van der Waals surface area contributed by atoms with Crippen LogP contribution < -0.4 is 4.90 Å². The second-order valence-electron chi connectivity index (χ2n) is 7.43. The van der Waals surface area contributed by atoms with Gasteiger partial charge in [0.25, 0.3) is 0 Å². The van der Waals surface area contributed by atoms with Crippen LogP contribution in [0.3, 0.4) is 0 Å². The van der Waals surface area contributed by atoms with Gasteiger partial charge < -0.3 is 9.64 Å². The van der Waals surface area contributed by atoms with Gasteiger partial charge in [0.05, 0.1) is 6.61 Å². The summed E-state index contributed by atoms with van der Waals surface area (Å²) in [5.74, 6) is 2.25. The summed E-state index contributed by atoms with van der Waals surface area (Å²) in [4.78, 5) is 5.21. The molecule has 2 heterocycles. The van der Waals surface area contributed by atoms with E-state index in [1.807, 2.05) is 0 Å². The van der Waals surface area contributed by atoms with Crippen molar-refractivity contribution in [2.75, 3.05) is 44.8 Å². The van der Waals surface area contributed by atoms with Gasteiger partial charge in [-0.1, -0.05) is 26.0 Å². The van der Waals surface area contributed by atoms with E-state index in [4.69, 9.17) is 4.74 Å². The molecule has 3 atom stereocenters. The van der Waals surface area contributed by atoms with Gasteiger partial charge in [-0.15, -0.1) is 0 Å². The summed E-state index contributed by atoms with van der Waals surface area (Å²) < 4.78 is 5.31. The van der Waals surface area contributed by atoms with Crippen molar-refractivity contribution in [1.29, 1.82) is 0 Å². The molecule has 0 spiro atoms. The minimum absolute atomic E-state index is 0.549. The number of fused-ring (bicyclic) bond motifs is 1. The van der Waals surface area contributed by atoms with E-state index in [1.165, 1.54) is 37.4 Å². The SMILES string of the molecule is COCC(C)N1CC2CN(c3cccc(C(C)C)c3)CC2C1. The Bertz CT molecular complexity index is 488. The molecule has 0 aliphatic carbocycles. The number of hydrogen-bond donors (Lipinski definition) is 0. The highest BCUT2D eigenvalue weighted by molar-refractivity contribution is 5.50. The highest BCUT2D eigenvalue weighted by Crippen LogP contribution is 2.35. The normalized spacial score (nSPS) is 26.7. The van der Waals surface area contributed by atoms with Gasteiger partial charge in [-0.2, -0.15) is 0 Å². The van der Waals surface area contributed by atoms with Gasteiger partial charge in [0.2, 0.25) is 0 Å². The van der Waals surface area contributed by atoms with Crippen molar-refractivity contribution in [3.05, 3.63) is 29.8 Å². The first-order valence-corrected chi connectivity index (χ1v) is 8.66. The highest BCUT2D eigenvalue weighted by Gasteiger charge is 2.41. The lowest BCUT2D eigenvalue weighted by atomic mass is 10.0. The van der Waals surface area contributed by atoms with Crippen LogP contribution in [-0.4, -0.2) is 50.8 Å². The number of hydrogen-bond acceptors (Lipinski definition) is 3. The molecular formula is C19H30N2O. The van der Waals surface area contributed by atoms with Crippen LogP contribution in [0, 0.1) is 11.8 Å². The second kappa shape index (κ2) is 6.59. The molecule has 2 fully saturated rings. The average molecular weight is 302 g/mol. The summed E-state index contributed by atoms with van der Waals surface area (Å²) in [7, 11) is 1.80. The van der Waals surface area contributed by atoms with E-state index in [0.29, 0.717) is 12.0 Å². The van der Waals surface area contributed by atoms with Crippen LogP contribution in [0.4, 0.5) is 5.69 Å². The maximum absolute atomic E-state index is 5.31. The zero-order valence-electron chi connectivity index (χ0n) is 14.5. The summed E-state index contributed by atoms with van der Waals surface area (Å²) >= 11 is 0. The molecule has 2 aliphatic rings. The molecule has 0 bridgehead atoms. The quantitative estimate of drug-likeness (QED) is 0.830. The van der Waals surface area contributed by atoms with Crippen LogP contribution in [-0.2, 0) is 4.74 Å². The lowest BCUT2D eigenvalue weighted by molar-refractivity contribution is 0.110. The fraction of sp³-hybridized carbons (Fsp3) is 0.684. The summed E-state index contributed by atoms with van der Waals surface area (Å²) in [6.45, 7) is 12.6. The van der Waals surface area contributed by atoms with Gasteiger partial charge in [0, 0.05) is 45.0 Å². The largest absolute Gasteiger partial charge is 0.383 e. The Morgan fingerprint density at radius 3 is 2.36 bits per heavy atom. The van der Waals surface area contributed by atoms with E-state index in [9.17, 15) is 0 Å². The van der Waals surface area contributed by atoms with Gasteiger partial charge in [-0.25, -0.2) is 0 Å². The molecule has 0 amide bonds. The number of methoxy groups -OCH3 is 1. The number of likely N-dealkylation sites (tertiary alicyclic amines) is 1. The first-order chi connectivity index (χ1) is 10.6. The molecule has 1 aromatic carbocycles. The highest BCUT2D eigenvalue weighted by atomic mass is 16.5. The summed E-state index contributed by atoms with van der Waals surface area (Å²) in [6, 6.07) is 9.67. The van der Waals surface area contributed by atoms with E-state index in [2.05, 4.69) is 54.8 Å². The molecule has 3 heteroatoms. The Morgan fingerprint density at radius 2 is 1.77 bits per heavy atom. The number of benzene rings is 1. The van der Waals surface area contributed by atoms with E-state index in [0.717, 1.165) is 18.4 Å². The molecule has 3 nitrogen and oxygen atoms in total. The Kier molecular flexibility index (Phi) is 4.74. The third kappa shape index (κ3) is 3.16. The average Bonchev–Trinajstić information content (AvgIpc) is 3.06. The van der Waals surface area contributed by atoms with Crippen molar-refractivity contribution in [2.45, 2.75) is 32.7 Å². The van der Waals surface area contributed by atoms with Crippen molar-refractivity contribution in [2.24, 2.45) is 11.8 Å². The molecule has 2 saturated heterocycles. The first-order valence-electron chi connectivity index (χ1n) is 8.66. The molecule has 1 aromatic rings. The van der Waals surface area contributed by atoms with Crippen LogP contribution >= 0.6 is 0 Å². The molecule has 0 radical (unpaired) electrons.